The monoisotopic (exact) mass is 238 g/mol. The summed E-state index contributed by atoms with van der Waals surface area (Å²) in [6.45, 7) is 4.10. The summed E-state index contributed by atoms with van der Waals surface area (Å²) < 4.78 is 0. The number of fused-ring (bicyclic) bond motifs is 1. The van der Waals surface area contributed by atoms with E-state index in [1.165, 1.54) is 17.7 Å². The Morgan fingerprint density at radius 3 is 2.75 bits per heavy atom. The minimum atomic E-state index is -0.572. The van der Waals surface area contributed by atoms with Gasteiger partial charge in [0.1, 0.15) is 0 Å². The Hall–Kier alpha value is -0.440. The average molecular weight is 238 g/mol. The number of carbonyl (C=O) groups is 1. The first-order valence-corrected chi connectivity index (χ1v) is 7.22. The highest BCUT2D eigenvalue weighted by atomic mass is 32.2. The van der Waals surface area contributed by atoms with E-state index in [2.05, 4.69) is 6.58 Å². The molecule has 1 N–H and O–H groups in total. The molecule has 5 unspecified atom stereocenters. The van der Waals surface area contributed by atoms with Crippen molar-refractivity contribution in [2.75, 3.05) is 5.75 Å². The second-order valence-electron chi connectivity index (χ2n) is 5.57. The van der Waals surface area contributed by atoms with Gasteiger partial charge in [-0.25, -0.2) is 0 Å². The van der Waals surface area contributed by atoms with Crippen molar-refractivity contribution in [3.63, 3.8) is 0 Å². The molecular formula is C13H18O2S. The van der Waals surface area contributed by atoms with Gasteiger partial charge in [0.2, 0.25) is 0 Å². The van der Waals surface area contributed by atoms with Crippen molar-refractivity contribution in [1.29, 1.82) is 0 Å². The van der Waals surface area contributed by atoms with Crippen LogP contribution in [0.2, 0.25) is 0 Å². The molecule has 0 aromatic rings. The summed E-state index contributed by atoms with van der Waals surface area (Å²) in [5.41, 5.74) is 1.39. The van der Waals surface area contributed by atoms with Gasteiger partial charge in [-0.05, 0) is 49.2 Å². The lowest BCUT2D eigenvalue weighted by atomic mass is 9.68. The van der Waals surface area contributed by atoms with Crippen molar-refractivity contribution in [2.45, 2.75) is 30.9 Å². The highest BCUT2D eigenvalue weighted by Gasteiger charge is 2.50. The molecule has 1 heterocycles. The van der Waals surface area contributed by atoms with E-state index in [0.29, 0.717) is 11.2 Å². The molecule has 5 atom stereocenters. The molecule has 0 bridgehead atoms. The molecule has 88 valence electrons. The van der Waals surface area contributed by atoms with Crippen molar-refractivity contribution >= 4 is 17.7 Å². The first-order chi connectivity index (χ1) is 7.66. The quantitative estimate of drug-likeness (QED) is 0.752. The number of hydrogen-bond donors (Lipinski definition) is 1. The fourth-order valence-electron chi connectivity index (χ4n) is 3.70. The van der Waals surface area contributed by atoms with Crippen LogP contribution in [0, 0.1) is 23.7 Å². The third-order valence-electron chi connectivity index (χ3n) is 4.67. The van der Waals surface area contributed by atoms with Crippen molar-refractivity contribution in [1.82, 2.24) is 0 Å². The Balaban J connectivity index is 1.72. The molecule has 0 aromatic heterocycles. The van der Waals surface area contributed by atoms with E-state index in [1.54, 1.807) is 0 Å². The van der Waals surface area contributed by atoms with Gasteiger partial charge in [0.25, 0.3) is 0 Å². The van der Waals surface area contributed by atoms with Gasteiger partial charge in [0, 0.05) is 5.25 Å². The number of aliphatic carboxylic acids is 1. The predicted molar refractivity (Wildman–Crippen MR) is 65.4 cm³/mol. The summed E-state index contributed by atoms with van der Waals surface area (Å²) in [7, 11) is 0. The standard InChI is InChI=1S/C13H18O2S/c1-7-4-8-6-16-12(11(8)5-7)9-2-3-10(9)13(14)15/h8-12H,1-6H2,(H,14,15). The van der Waals surface area contributed by atoms with Crippen molar-refractivity contribution < 1.29 is 9.90 Å². The van der Waals surface area contributed by atoms with Crippen molar-refractivity contribution in [2.24, 2.45) is 23.7 Å². The van der Waals surface area contributed by atoms with Crippen LogP contribution in [0.4, 0.5) is 0 Å². The second-order valence-corrected chi connectivity index (χ2v) is 6.78. The maximum Gasteiger partial charge on any atom is 0.306 e. The van der Waals surface area contributed by atoms with E-state index >= 15 is 0 Å². The van der Waals surface area contributed by atoms with Crippen molar-refractivity contribution in [3.8, 4) is 0 Å². The first kappa shape index (κ1) is 10.7. The van der Waals surface area contributed by atoms with E-state index < -0.39 is 5.97 Å². The van der Waals surface area contributed by atoms with Crippen LogP contribution in [-0.2, 0) is 4.79 Å². The van der Waals surface area contributed by atoms with Crippen LogP contribution in [0.3, 0.4) is 0 Å². The highest BCUT2D eigenvalue weighted by molar-refractivity contribution is 8.00. The van der Waals surface area contributed by atoms with E-state index in [9.17, 15) is 4.79 Å². The summed E-state index contributed by atoms with van der Waals surface area (Å²) in [4.78, 5) is 11.1. The molecule has 16 heavy (non-hydrogen) atoms. The molecule has 0 radical (unpaired) electrons. The maximum absolute atomic E-state index is 11.1. The van der Waals surface area contributed by atoms with Gasteiger partial charge in [-0.1, -0.05) is 12.2 Å². The Morgan fingerprint density at radius 2 is 2.12 bits per heavy atom. The van der Waals surface area contributed by atoms with Gasteiger partial charge in [0.05, 0.1) is 5.92 Å². The molecule has 1 saturated heterocycles. The number of allylic oxidation sites excluding steroid dienone is 1. The average Bonchev–Trinajstić information content (AvgIpc) is 2.63. The SMILES string of the molecule is C=C1CC2CSC(C3CCC3C(=O)O)C2C1. The van der Waals surface area contributed by atoms with Crippen LogP contribution in [0.25, 0.3) is 0 Å². The van der Waals surface area contributed by atoms with E-state index in [-0.39, 0.29) is 5.92 Å². The smallest absolute Gasteiger partial charge is 0.306 e. The van der Waals surface area contributed by atoms with Gasteiger partial charge in [-0.15, -0.1) is 0 Å². The number of thioether (sulfide) groups is 1. The molecule has 0 spiro atoms. The summed E-state index contributed by atoms with van der Waals surface area (Å²) in [5, 5.41) is 9.74. The molecule has 3 fully saturated rings. The van der Waals surface area contributed by atoms with Crippen molar-refractivity contribution in [3.05, 3.63) is 12.2 Å². The molecule has 2 saturated carbocycles. The molecule has 3 rings (SSSR count). The third kappa shape index (κ3) is 1.52. The lowest BCUT2D eigenvalue weighted by Gasteiger charge is -2.39. The van der Waals surface area contributed by atoms with Gasteiger partial charge in [0.15, 0.2) is 0 Å². The lowest BCUT2D eigenvalue weighted by Crippen LogP contribution is -2.41. The Kier molecular flexibility index (Phi) is 2.54. The molecule has 0 amide bonds. The molecule has 2 aliphatic carbocycles. The van der Waals surface area contributed by atoms with Crippen LogP contribution in [0.5, 0.6) is 0 Å². The van der Waals surface area contributed by atoms with Crippen LogP contribution in [0.1, 0.15) is 25.7 Å². The fraction of sp³-hybridized carbons (Fsp3) is 0.769. The molecule has 1 aliphatic heterocycles. The van der Waals surface area contributed by atoms with Gasteiger partial charge in [-0.2, -0.15) is 11.8 Å². The Bertz CT molecular complexity index is 339. The number of hydrogen-bond acceptors (Lipinski definition) is 2. The molecule has 0 aromatic carbocycles. The Labute approximate surface area is 100 Å². The van der Waals surface area contributed by atoms with Gasteiger partial charge in [-0.3, -0.25) is 4.79 Å². The topological polar surface area (TPSA) is 37.3 Å². The summed E-state index contributed by atoms with van der Waals surface area (Å²) in [6, 6.07) is 0. The van der Waals surface area contributed by atoms with Crippen LogP contribution < -0.4 is 0 Å². The first-order valence-electron chi connectivity index (χ1n) is 6.18. The number of carboxylic acid groups (broad SMARTS) is 1. The van der Waals surface area contributed by atoms with E-state index in [1.807, 2.05) is 11.8 Å². The molecule has 3 heteroatoms. The number of carboxylic acids is 1. The third-order valence-corrected chi connectivity index (χ3v) is 6.38. The minimum Gasteiger partial charge on any atom is -0.481 e. The summed E-state index contributed by atoms with van der Waals surface area (Å²) in [6.07, 6.45) is 4.38. The maximum atomic E-state index is 11.1. The largest absolute Gasteiger partial charge is 0.481 e. The second kappa shape index (κ2) is 3.80. The van der Waals surface area contributed by atoms with Crippen LogP contribution >= 0.6 is 11.8 Å². The molecule has 3 aliphatic rings. The summed E-state index contributed by atoms with van der Waals surface area (Å²) >= 11 is 2.04. The number of rotatable bonds is 2. The van der Waals surface area contributed by atoms with Gasteiger partial charge < -0.3 is 5.11 Å². The zero-order valence-corrected chi connectivity index (χ0v) is 10.2. The highest BCUT2D eigenvalue weighted by Crippen LogP contribution is 2.55. The van der Waals surface area contributed by atoms with Crippen LogP contribution in [-0.4, -0.2) is 22.1 Å². The van der Waals surface area contributed by atoms with E-state index in [0.717, 1.165) is 31.1 Å². The van der Waals surface area contributed by atoms with Gasteiger partial charge >= 0.3 is 5.97 Å². The van der Waals surface area contributed by atoms with E-state index in [4.69, 9.17) is 5.11 Å². The lowest BCUT2D eigenvalue weighted by molar-refractivity contribution is -0.148. The predicted octanol–water partition coefficient (Wildman–Crippen LogP) is 2.80. The minimum absolute atomic E-state index is 0.0508. The zero-order chi connectivity index (χ0) is 11.3. The molecular weight excluding hydrogens is 220 g/mol. The summed E-state index contributed by atoms with van der Waals surface area (Å²) in [5.74, 6) is 2.60. The van der Waals surface area contributed by atoms with Crippen LogP contribution in [0.15, 0.2) is 12.2 Å². The normalized spacial score (nSPS) is 46.5. The molecule has 2 nitrogen and oxygen atoms in total. The zero-order valence-electron chi connectivity index (χ0n) is 9.39. The fourth-order valence-corrected chi connectivity index (χ4v) is 5.67. The Morgan fingerprint density at radius 1 is 1.31 bits per heavy atom.